The van der Waals surface area contributed by atoms with Crippen LogP contribution in [0.1, 0.15) is 12.1 Å². The van der Waals surface area contributed by atoms with E-state index in [1.54, 1.807) is 0 Å². The summed E-state index contributed by atoms with van der Waals surface area (Å²) in [6.07, 6.45) is -5.12. The summed E-state index contributed by atoms with van der Waals surface area (Å²) in [4.78, 5) is 35.1. The van der Waals surface area contributed by atoms with Crippen LogP contribution in [0.2, 0.25) is 5.02 Å². The van der Waals surface area contributed by atoms with Crippen LogP contribution in [0.3, 0.4) is 0 Å². The number of benzene rings is 1. The number of aromatic nitrogens is 2. The molecule has 0 saturated heterocycles. The third-order valence-corrected chi connectivity index (χ3v) is 4.45. The first-order valence-electron chi connectivity index (χ1n) is 7.74. The second-order valence-corrected chi connectivity index (χ2v) is 6.65. The number of carboxylic acid groups (broad SMARTS) is 1. The number of hydrogen-bond donors (Lipinski definition) is 1. The molecule has 1 aromatic carbocycles. The number of rotatable bonds is 6. The predicted octanol–water partition coefficient (Wildman–Crippen LogP) is 2.81. The lowest BCUT2D eigenvalue weighted by Gasteiger charge is -2.15. The highest BCUT2D eigenvalue weighted by atomic mass is 35.5. The zero-order chi connectivity index (χ0) is 22.1. The molecule has 2 rings (SSSR count). The lowest BCUT2D eigenvalue weighted by molar-refractivity contribution is -0.144. The highest BCUT2D eigenvalue weighted by molar-refractivity contribution is 6.32. The number of ether oxygens (including phenoxy) is 1. The van der Waals surface area contributed by atoms with Gasteiger partial charge in [0.05, 0.1) is 17.3 Å². The highest BCUT2D eigenvalue weighted by Crippen LogP contribution is 2.30. The van der Waals surface area contributed by atoms with Gasteiger partial charge in [-0.25, -0.2) is 13.8 Å². The molecule has 1 heterocycles. The van der Waals surface area contributed by atoms with E-state index < -0.39 is 46.0 Å². The first kappa shape index (κ1) is 22.8. The molecular weight excluding hydrogens is 447 g/mol. The average molecular weight is 459 g/mol. The molecule has 158 valence electrons. The molecule has 0 radical (unpaired) electrons. The number of carbonyl (C=O) groups is 1. The standard InChI is InChI=1S/C16H12Cl2F4N2O5/c1-23-12(16(20,21)22)6-13(25)24(15(23)28)10-5-11(8(18)4-9(10)19)29-3-2-7(17)14(26)27/h4-7H,2-3H2,1H3,(H,26,27). The summed E-state index contributed by atoms with van der Waals surface area (Å²) in [5, 5.41) is 7.17. The van der Waals surface area contributed by atoms with E-state index in [-0.39, 0.29) is 39.0 Å². The first-order chi connectivity index (χ1) is 13.3. The molecule has 0 aliphatic carbocycles. The quantitative estimate of drug-likeness (QED) is 0.530. The van der Waals surface area contributed by atoms with Gasteiger partial charge >= 0.3 is 17.8 Å². The molecule has 0 fully saturated rings. The van der Waals surface area contributed by atoms with Crippen LogP contribution in [0.5, 0.6) is 5.75 Å². The maximum absolute atomic E-state index is 14.3. The Kier molecular flexibility index (Phi) is 6.63. The maximum Gasteiger partial charge on any atom is 0.431 e. The number of aliphatic carboxylic acids is 1. The summed E-state index contributed by atoms with van der Waals surface area (Å²) in [6, 6.07) is 1.70. The monoisotopic (exact) mass is 458 g/mol. The first-order valence-corrected chi connectivity index (χ1v) is 8.55. The second kappa shape index (κ2) is 8.46. The Bertz CT molecular complexity index is 1060. The Morgan fingerprint density at radius 2 is 1.90 bits per heavy atom. The van der Waals surface area contributed by atoms with Crippen molar-refractivity contribution in [3.63, 3.8) is 0 Å². The van der Waals surface area contributed by atoms with Gasteiger partial charge in [0.25, 0.3) is 5.56 Å². The zero-order valence-corrected chi connectivity index (χ0v) is 16.0. The molecule has 13 heteroatoms. The van der Waals surface area contributed by atoms with Crippen molar-refractivity contribution < 1.29 is 32.2 Å². The van der Waals surface area contributed by atoms with Crippen molar-refractivity contribution >= 4 is 29.2 Å². The number of carboxylic acids is 1. The SMILES string of the molecule is Cn1c(C(F)(F)F)cc(=O)n(-c2cc(OCCC(Cl)C(=O)O)c(Cl)cc2F)c1=O. The highest BCUT2D eigenvalue weighted by Gasteiger charge is 2.35. The van der Waals surface area contributed by atoms with Gasteiger partial charge in [0.15, 0.2) is 0 Å². The van der Waals surface area contributed by atoms with Crippen molar-refractivity contribution in [1.82, 2.24) is 9.13 Å². The molecule has 0 spiro atoms. The van der Waals surface area contributed by atoms with Crippen molar-refractivity contribution in [3.8, 4) is 11.4 Å². The minimum absolute atomic E-state index is 0.151. The van der Waals surface area contributed by atoms with Gasteiger partial charge < -0.3 is 9.84 Å². The predicted molar refractivity (Wildman–Crippen MR) is 94.6 cm³/mol. The molecule has 0 amide bonds. The molecule has 0 saturated carbocycles. The van der Waals surface area contributed by atoms with E-state index in [1.165, 1.54) is 0 Å². The molecule has 1 atom stereocenters. The van der Waals surface area contributed by atoms with Crippen LogP contribution in [0.4, 0.5) is 17.6 Å². The van der Waals surface area contributed by atoms with Gasteiger partial charge in [0.2, 0.25) is 0 Å². The Morgan fingerprint density at radius 3 is 2.45 bits per heavy atom. The molecule has 0 aliphatic heterocycles. The summed E-state index contributed by atoms with van der Waals surface area (Å²) >= 11 is 11.4. The molecular formula is C16H12Cl2F4N2O5. The van der Waals surface area contributed by atoms with Crippen molar-refractivity contribution in [3.05, 3.63) is 55.6 Å². The fourth-order valence-corrected chi connectivity index (χ4v) is 2.61. The van der Waals surface area contributed by atoms with Crippen LogP contribution in [0, 0.1) is 5.82 Å². The Morgan fingerprint density at radius 1 is 1.28 bits per heavy atom. The topological polar surface area (TPSA) is 90.5 Å². The van der Waals surface area contributed by atoms with Gasteiger partial charge in [-0.2, -0.15) is 13.2 Å². The second-order valence-electron chi connectivity index (χ2n) is 5.72. The number of alkyl halides is 4. The van der Waals surface area contributed by atoms with Crippen LogP contribution in [0.15, 0.2) is 27.8 Å². The molecule has 2 aromatic rings. The Hall–Kier alpha value is -2.53. The van der Waals surface area contributed by atoms with E-state index in [4.69, 9.17) is 33.0 Å². The van der Waals surface area contributed by atoms with Gasteiger partial charge in [0.1, 0.15) is 22.6 Å². The average Bonchev–Trinajstić information content (AvgIpc) is 2.60. The number of hydrogen-bond acceptors (Lipinski definition) is 4. The van der Waals surface area contributed by atoms with Gasteiger partial charge in [-0.15, -0.1) is 11.6 Å². The van der Waals surface area contributed by atoms with Crippen molar-refractivity contribution in [2.24, 2.45) is 7.05 Å². The lowest BCUT2D eigenvalue weighted by atomic mass is 10.2. The van der Waals surface area contributed by atoms with E-state index in [0.717, 1.165) is 13.1 Å². The summed E-state index contributed by atoms with van der Waals surface area (Å²) < 4.78 is 58.7. The van der Waals surface area contributed by atoms with Crippen LogP contribution < -0.4 is 16.0 Å². The Labute approximate surface area is 169 Å². The van der Waals surface area contributed by atoms with Crippen LogP contribution >= 0.6 is 23.2 Å². The largest absolute Gasteiger partial charge is 0.492 e. The number of halogens is 6. The molecule has 1 aromatic heterocycles. The number of nitrogens with zero attached hydrogens (tertiary/aromatic N) is 2. The van der Waals surface area contributed by atoms with Crippen LogP contribution in [0.25, 0.3) is 5.69 Å². The van der Waals surface area contributed by atoms with Gasteiger partial charge in [0, 0.05) is 25.6 Å². The smallest absolute Gasteiger partial charge is 0.431 e. The summed E-state index contributed by atoms with van der Waals surface area (Å²) in [7, 11) is 0.777. The summed E-state index contributed by atoms with van der Waals surface area (Å²) in [5.41, 5.74) is -5.05. The zero-order valence-electron chi connectivity index (χ0n) is 14.5. The van der Waals surface area contributed by atoms with E-state index in [0.29, 0.717) is 6.07 Å². The molecule has 29 heavy (non-hydrogen) atoms. The van der Waals surface area contributed by atoms with E-state index in [1.807, 2.05) is 0 Å². The fourth-order valence-electron chi connectivity index (χ4n) is 2.32. The van der Waals surface area contributed by atoms with E-state index in [2.05, 4.69) is 0 Å². The van der Waals surface area contributed by atoms with Gasteiger partial charge in [-0.3, -0.25) is 14.2 Å². The normalized spacial score (nSPS) is 12.7. The van der Waals surface area contributed by atoms with Gasteiger partial charge in [-0.1, -0.05) is 11.6 Å². The summed E-state index contributed by atoms with van der Waals surface area (Å²) in [6.45, 7) is -0.259. The molecule has 0 aliphatic rings. The minimum atomic E-state index is -4.97. The third-order valence-electron chi connectivity index (χ3n) is 3.75. The molecule has 0 bridgehead atoms. The van der Waals surface area contributed by atoms with Crippen molar-refractivity contribution in [2.45, 2.75) is 18.0 Å². The van der Waals surface area contributed by atoms with E-state index in [9.17, 15) is 31.9 Å². The molecule has 1 unspecified atom stereocenters. The summed E-state index contributed by atoms with van der Waals surface area (Å²) in [5.74, 6) is -2.69. The van der Waals surface area contributed by atoms with Crippen LogP contribution in [-0.4, -0.2) is 32.2 Å². The molecule has 1 N–H and O–H groups in total. The lowest BCUT2D eigenvalue weighted by Crippen LogP contribution is -2.41. The fraction of sp³-hybridized carbons (Fsp3) is 0.312. The van der Waals surface area contributed by atoms with Crippen LogP contribution in [-0.2, 0) is 18.0 Å². The third kappa shape index (κ3) is 4.91. The van der Waals surface area contributed by atoms with Crippen molar-refractivity contribution in [1.29, 1.82) is 0 Å². The molecule has 7 nitrogen and oxygen atoms in total. The Balaban J connectivity index is 2.51. The van der Waals surface area contributed by atoms with E-state index >= 15 is 0 Å². The van der Waals surface area contributed by atoms with Gasteiger partial charge in [-0.05, 0) is 6.07 Å². The maximum atomic E-state index is 14.3. The minimum Gasteiger partial charge on any atom is -0.492 e. The van der Waals surface area contributed by atoms with Crippen molar-refractivity contribution in [2.75, 3.05) is 6.61 Å².